The molecule has 0 heterocycles. The Labute approximate surface area is 101 Å². The molecule has 3 N–H and O–H groups in total. The van der Waals surface area contributed by atoms with Gasteiger partial charge in [0.25, 0.3) is 0 Å². The maximum absolute atomic E-state index is 11.5. The zero-order valence-corrected chi connectivity index (χ0v) is 10.6. The molecule has 0 aromatic heterocycles. The van der Waals surface area contributed by atoms with Crippen molar-refractivity contribution < 1.29 is 4.79 Å². The van der Waals surface area contributed by atoms with Crippen LogP contribution in [0.15, 0.2) is 18.2 Å². The Balaban J connectivity index is 2.46. The zero-order chi connectivity index (χ0) is 12.0. The molecule has 0 radical (unpaired) electrons. The average molecular weight is 238 g/mol. The summed E-state index contributed by atoms with van der Waals surface area (Å²) >= 11 is 1.64. The van der Waals surface area contributed by atoms with Gasteiger partial charge in [0.2, 0.25) is 5.91 Å². The SMILES string of the molecule is CCCSCC(=O)Nc1ccc(C)c(N)c1. The van der Waals surface area contributed by atoms with E-state index in [1.54, 1.807) is 17.8 Å². The lowest BCUT2D eigenvalue weighted by Crippen LogP contribution is -2.14. The van der Waals surface area contributed by atoms with Crippen molar-refractivity contribution in [2.45, 2.75) is 20.3 Å². The molecule has 1 rings (SSSR count). The number of nitrogens with two attached hydrogens (primary N) is 1. The van der Waals surface area contributed by atoms with Crippen molar-refractivity contribution in [3.05, 3.63) is 23.8 Å². The van der Waals surface area contributed by atoms with Crippen LogP contribution in [0.25, 0.3) is 0 Å². The van der Waals surface area contributed by atoms with Gasteiger partial charge in [-0.05, 0) is 36.8 Å². The third-order valence-corrected chi connectivity index (χ3v) is 3.31. The summed E-state index contributed by atoms with van der Waals surface area (Å²) in [5.41, 5.74) is 8.26. The first kappa shape index (κ1) is 12.9. The van der Waals surface area contributed by atoms with Gasteiger partial charge in [-0.3, -0.25) is 4.79 Å². The third kappa shape index (κ3) is 4.14. The number of nitrogen functional groups attached to an aromatic ring is 1. The van der Waals surface area contributed by atoms with Crippen molar-refractivity contribution in [1.29, 1.82) is 0 Å². The van der Waals surface area contributed by atoms with Crippen molar-refractivity contribution in [1.82, 2.24) is 0 Å². The first-order valence-electron chi connectivity index (χ1n) is 5.37. The van der Waals surface area contributed by atoms with Gasteiger partial charge in [0.15, 0.2) is 0 Å². The van der Waals surface area contributed by atoms with E-state index < -0.39 is 0 Å². The molecule has 3 nitrogen and oxygen atoms in total. The van der Waals surface area contributed by atoms with E-state index in [1.165, 1.54) is 0 Å². The molecule has 0 aliphatic heterocycles. The second kappa shape index (κ2) is 6.43. The number of hydrogen-bond acceptors (Lipinski definition) is 3. The van der Waals surface area contributed by atoms with Crippen LogP contribution >= 0.6 is 11.8 Å². The Bertz CT molecular complexity index is 366. The first-order valence-corrected chi connectivity index (χ1v) is 6.52. The normalized spacial score (nSPS) is 10.1. The first-order chi connectivity index (χ1) is 7.63. The number of benzene rings is 1. The minimum Gasteiger partial charge on any atom is -0.398 e. The summed E-state index contributed by atoms with van der Waals surface area (Å²) in [6, 6.07) is 5.57. The van der Waals surface area contributed by atoms with E-state index >= 15 is 0 Å². The molecule has 16 heavy (non-hydrogen) atoms. The molecule has 4 heteroatoms. The molecule has 1 aromatic carbocycles. The van der Waals surface area contributed by atoms with Gasteiger partial charge in [0.05, 0.1) is 5.75 Å². The van der Waals surface area contributed by atoms with Crippen LogP contribution in [0.1, 0.15) is 18.9 Å². The fourth-order valence-corrected chi connectivity index (χ4v) is 1.92. The minimum absolute atomic E-state index is 0.0294. The monoisotopic (exact) mass is 238 g/mol. The van der Waals surface area contributed by atoms with Crippen molar-refractivity contribution in [2.24, 2.45) is 0 Å². The van der Waals surface area contributed by atoms with Gasteiger partial charge in [-0.15, -0.1) is 0 Å². The second-order valence-corrected chi connectivity index (χ2v) is 4.78. The van der Waals surface area contributed by atoms with Gasteiger partial charge in [0.1, 0.15) is 0 Å². The van der Waals surface area contributed by atoms with Crippen LogP contribution in [0.5, 0.6) is 0 Å². The highest BCUT2D eigenvalue weighted by molar-refractivity contribution is 7.99. The lowest BCUT2D eigenvalue weighted by atomic mass is 10.2. The van der Waals surface area contributed by atoms with Crippen LogP contribution in [0.2, 0.25) is 0 Å². The van der Waals surface area contributed by atoms with Crippen LogP contribution in [0.4, 0.5) is 11.4 Å². The molecular weight excluding hydrogens is 220 g/mol. The highest BCUT2D eigenvalue weighted by Gasteiger charge is 2.03. The van der Waals surface area contributed by atoms with E-state index in [-0.39, 0.29) is 5.91 Å². The van der Waals surface area contributed by atoms with E-state index in [9.17, 15) is 4.79 Å². The third-order valence-electron chi connectivity index (χ3n) is 2.14. The summed E-state index contributed by atoms with van der Waals surface area (Å²) in [4.78, 5) is 11.5. The number of nitrogens with one attached hydrogen (secondary N) is 1. The van der Waals surface area contributed by atoms with E-state index in [2.05, 4.69) is 12.2 Å². The largest absolute Gasteiger partial charge is 0.398 e. The van der Waals surface area contributed by atoms with Crippen molar-refractivity contribution in [3.63, 3.8) is 0 Å². The maximum atomic E-state index is 11.5. The number of carbonyl (C=O) groups is 1. The molecule has 88 valence electrons. The lowest BCUT2D eigenvalue weighted by Gasteiger charge is -2.07. The van der Waals surface area contributed by atoms with Gasteiger partial charge in [0, 0.05) is 11.4 Å². The molecule has 1 amide bonds. The molecule has 0 aliphatic rings. The molecule has 0 atom stereocenters. The molecule has 0 fully saturated rings. The molecule has 0 saturated carbocycles. The topological polar surface area (TPSA) is 55.1 Å². The standard InChI is InChI=1S/C12H18N2OS/c1-3-6-16-8-12(15)14-10-5-4-9(2)11(13)7-10/h4-5,7H,3,6,8,13H2,1-2H3,(H,14,15). The number of thioether (sulfide) groups is 1. The number of hydrogen-bond donors (Lipinski definition) is 2. The number of anilines is 2. The molecule has 1 aromatic rings. The summed E-state index contributed by atoms with van der Waals surface area (Å²) < 4.78 is 0. The predicted octanol–water partition coefficient (Wildman–Crippen LogP) is 2.66. The van der Waals surface area contributed by atoms with Crippen LogP contribution in [-0.2, 0) is 4.79 Å². The van der Waals surface area contributed by atoms with Crippen LogP contribution < -0.4 is 11.1 Å². The Morgan fingerprint density at radius 1 is 1.50 bits per heavy atom. The summed E-state index contributed by atoms with van der Waals surface area (Å²) in [5, 5.41) is 2.83. The Morgan fingerprint density at radius 3 is 2.88 bits per heavy atom. The smallest absolute Gasteiger partial charge is 0.234 e. The molecule has 0 aliphatic carbocycles. The minimum atomic E-state index is 0.0294. The van der Waals surface area contributed by atoms with E-state index in [0.717, 1.165) is 23.4 Å². The van der Waals surface area contributed by atoms with Crippen molar-refractivity contribution in [3.8, 4) is 0 Å². The number of rotatable bonds is 5. The number of carbonyl (C=O) groups excluding carboxylic acids is 1. The van der Waals surface area contributed by atoms with E-state index in [0.29, 0.717) is 11.4 Å². The molecule has 0 bridgehead atoms. The fraction of sp³-hybridized carbons (Fsp3) is 0.417. The summed E-state index contributed by atoms with van der Waals surface area (Å²) in [5.74, 6) is 1.55. The molecular formula is C12H18N2OS. The van der Waals surface area contributed by atoms with Crippen molar-refractivity contribution >= 4 is 29.0 Å². The average Bonchev–Trinajstić information content (AvgIpc) is 2.24. The number of aryl methyl sites for hydroxylation is 1. The fourth-order valence-electron chi connectivity index (χ4n) is 1.22. The maximum Gasteiger partial charge on any atom is 0.234 e. The predicted molar refractivity (Wildman–Crippen MR) is 71.8 cm³/mol. The van der Waals surface area contributed by atoms with Gasteiger partial charge in [-0.1, -0.05) is 13.0 Å². The Kier molecular flexibility index (Phi) is 5.19. The van der Waals surface area contributed by atoms with Crippen LogP contribution in [0.3, 0.4) is 0 Å². The van der Waals surface area contributed by atoms with Crippen LogP contribution in [0, 0.1) is 6.92 Å². The van der Waals surface area contributed by atoms with E-state index in [4.69, 9.17) is 5.73 Å². The van der Waals surface area contributed by atoms with Crippen LogP contribution in [-0.4, -0.2) is 17.4 Å². The zero-order valence-electron chi connectivity index (χ0n) is 9.75. The van der Waals surface area contributed by atoms with Gasteiger partial charge in [-0.2, -0.15) is 11.8 Å². The second-order valence-electron chi connectivity index (χ2n) is 3.67. The quantitative estimate of drug-likeness (QED) is 0.612. The van der Waals surface area contributed by atoms with Gasteiger partial charge >= 0.3 is 0 Å². The van der Waals surface area contributed by atoms with E-state index in [1.807, 2.05) is 19.1 Å². The lowest BCUT2D eigenvalue weighted by molar-refractivity contribution is -0.113. The highest BCUT2D eigenvalue weighted by atomic mass is 32.2. The molecule has 0 unspecified atom stereocenters. The summed E-state index contributed by atoms with van der Waals surface area (Å²) in [6.45, 7) is 4.05. The van der Waals surface area contributed by atoms with Crippen molar-refractivity contribution in [2.75, 3.05) is 22.6 Å². The summed E-state index contributed by atoms with van der Waals surface area (Å²) in [6.07, 6.45) is 1.09. The molecule has 0 spiro atoms. The van der Waals surface area contributed by atoms with Gasteiger partial charge < -0.3 is 11.1 Å². The Morgan fingerprint density at radius 2 is 2.25 bits per heavy atom. The highest BCUT2D eigenvalue weighted by Crippen LogP contribution is 2.17. The Hall–Kier alpha value is -1.16. The number of amides is 1. The summed E-state index contributed by atoms with van der Waals surface area (Å²) in [7, 11) is 0. The molecule has 0 saturated heterocycles. The van der Waals surface area contributed by atoms with Gasteiger partial charge in [-0.25, -0.2) is 0 Å².